The summed E-state index contributed by atoms with van der Waals surface area (Å²) in [5.74, 6) is 15.7. The van der Waals surface area contributed by atoms with E-state index in [4.69, 9.17) is 9.47 Å². The van der Waals surface area contributed by atoms with Crippen LogP contribution in [0, 0.1) is 23.7 Å². The molecule has 0 unspecified atom stereocenters. The van der Waals surface area contributed by atoms with E-state index in [1.807, 2.05) is 48.5 Å². The monoisotopic (exact) mass is 895 g/mol. The van der Waals surface area contributed by atoms with Crippen LogP contribution in [0.5, 0.6) is 11.5 Å². The summed E-state index contributed by atoms with van der Waals surface area (Å²) in [4.78, 5) is 0. The first kappa shape index (κ1) is 47.4. The van der Waals surface area contributed by atoms with Crippen LogP contribution in [0.3, 0.4) is 0 Å². The Morgan fingerprint density at radius 1 is 0.353 bits per heavy atom. The minimum atomic E-state index is -0.0977. The molecular weight excluding hydrogens is 829 g/mol. The van der Waals surface area contributed by atoms with Crippen molar-refractivity contribution >= 4 is 11.0 Å². The van der Waals surface area contributed by atoms with Crippen molar-refractivity contribution in [2.75, 3.05) is 14.2 Å². The second-order valence-electron chi connectivity index (χ2n) is 22.1. The highest BCUT2D eigenvalue weighted by Crippen LogP contribution is 2.43. The largest absolute Gasteiger partial charge is 0.497 e. The molecule has 0 amide bonds. The molecule has 68 heavy (non-hydrogen) atoms. The van der Waals surface area contributed by atoms with Gasteiger partial charge in [-0.05, 0) is 141 Å². The first-order chi connectivity index (χ1) is 32.1. The van der Waals surface area contributed by atoms with Crippen LogP contribution in [-0.4, -0.2) is 23.4 Å². The lowest BCUT2D eigenvalue weighted by Crippen LogP contribution is -2.17. The number of aromatic nitrogens is 2. The van der Waals surface area contributed by atoms with Crippen molar-refractivity contribution in [3.8, 4) is 69.1 Å². The zero-order chi connectivity index (χ0) is 48.8. The number of methoxy groups -OCH3 is 2. The molecule has 0 fully saturated rings. The molecule has 0 aliphatic rings. The van der Waals surface area contributed by atoms with Gasteiger partial charge in [-0.15, -0.1) is 0 Å². The van der Waals surface area contributed by atoms with Gasteiger partial charge in [0.1, 0.15) is 11.5 Å². The predicted molar refractivity (Wildman–Crippen MR) is 286 cm³/mol. The molecule has 344 valence electrons. The quantitative estimate of drug-likeness (QED) is 0.156. The van der Waals surface area contributed by atoms with E-state index in [2.05, 4.69) is 213 Å². The molecule has 8 aromatic rings. The Labute approximate surface area is 406 Å². The smallest absolute Gasteiger partial charge is 0.118 e. The van der Waals surface area contributed by atoms with Crippen molar-refractivity contribution < 1.29 is 9.47 Å². The zero-order valence-electron chi connectivity index (χ0n) is 42.6. The number of hydrogen-bond donors (Lipinski definition) is 0. The Morgan fingerprint density at radius 3 is 0.956 bits per heavy atom. The van der Waals surface area contributed by atoms with E-state index in [9.17, 15) is 0 Å². The molecule has 0 saturated carbocycles. The van der Waals surface area contributed by atoms with Crippen molar-refractivity contribution in [3.63, 3.8) is 0 Å². The van der Waals surface area contributed by atoms with Crippen LogP contribution >= 0.6 is 0 Å². The van der Waals surface area contributed by atoms with Crippen LogP contribution in [0.25, 0.3) is 44.9 Å². The summed E-state index contributed by atoms with van der Waals surface area (Å²) in [7, 11) is 3.37. The van der Waals surface area contributed by atoms with Gasteiger partial charge in [-0.1, -0.05) is 155 Å². The number of rotatable bonds is 6. The van der Waals surface area contributed by atoms with E-state index in [1.165, 1.54) is 22.3 Å². The van der Waals surface area contributed by atoms with Crippen molar-refractivity contribution in [1.29, 1.82) is 0 Å². The highest BCUT2D eigenvalue weighted by atomic mass is 16.5. The molecule has 0 saturated heterocycles. The van der Waals surface area contributed by atoms with Crippen LogP contribution in [-0.2, 0) is 21.7 Å². The molecule has 6 aromatic carbocycles. The molecule has 8 rings (SSSR count). The van der Waals surface area contributed by atoms with Crippen LogP contribution in [0.1, 0.15) is 128 Å². The van der Waals surface area contributed by atoms with Crippen molar-refractivity contribution in [2.45, 2.75) is 105 Å². The second kappa shape index (κ2) is 18.2. The number of benzene rings is 6. The van der Waals surface area contributed by atoms with E-state index in [0.717, 1.165) is 78.7 Å². The van der Waals surface area contributed by atoms with Gasteiger partial charge in [-0.3, -0.25) is 0 Å². The number of nitrogens with zero attached hydrogens (tertiary/aromatic N) is 2. The second-order valence-corrected chi connectivity index (χ2v) is 22.1. The average Bonchev–Trinajstić information content (AvgIpc) is 3.86. The lowest BCUT2D eigenvalue weighted by atomic mass is 9.80. The summed E-state index contributed by atoms with van der Waals surface area (Å²) < 4.78 is 15.9. The average molecular weight is 895 g/mol. The molecule has 4 nitrogen and oxygen atoms in total. The molecule has 0 atom stereocenters. The number of hydrogen-bond acceptors (Lipinski definition) is 2. The van der Waals surface area contributed by atoms with Crippen LogP contribution < -0.4 is 9.47 Å². The van der Waals surface area contributed by atoms with Crippen molar-refractivity contribution in [1.82, 2.24) is 9.13 Å². The lowest BCUT2D eigenvalue weighted by Gasteiger charge is -2.27. The summed E-state index contributed by atoms with van der Waals surface area (Å²) in [5.41, 5.74) is 17.1. The van der Waals surface area contributed by atoms with E-state index in [0.29, 0.717) is 0 Å². The Balaban J connectivity index is 1.50. The molecule has 0 radical (unpaired) electrons. The van der Waals surface area contributed by atoms with Gasteiger partial charge < -0.3 is 18.6 Å². The molecule has 4 heteroatoms. The first-order valence-corrected chi connectivity index (χ1v) is 23.7. The minimum Gasteiger partial charge on any atom is -0.497 e. The van der Waals surface area contributed by atoms with Crippen LogP contribution in [0.15, 0.2) is 146 Å². The molecule has 2 aromatic heterocycles. The maximum Gasteiger partial charge on any atom is 0.118 e. The maximum absolute atomic E-state index is 5.45. The van der Waals surface area contributed by atoms with Crippen molar-refractivity contribution in [3.05, 3.63) is 190 Å². The van der Waals surface area contributed by atoms with Gasteiger partial charge >= 0.3 is 0 Å². The summed E-state index contributed by atoms with van der Waals surface area (Å²) in [6.45, 7) is 27.7. The molecule has 0 aliphatic carbocycles. The summed E-state index contributed by atoms with van der Waals surface area (Å²) in [6, 6.07) is 52.2. The molecule has 2 heterocycles. The van der Waals surface area contributed by atoms with Gasteiger partial charge in [0, 0.05) is 44.8 Å². The summed E-state index contributed by atoms with van der Waals surface area (Å²) in [6.07, 6.45) is 0. The number of fused-ring (bicyclic) bond motifs is 1. The van der Waals surface area contributed by atoms with Gasteiger partial charge in [0.25, 0.3) is 0 Å². The van der Waals surface area contributed by atoms with Crippen LogP contribution in [0.2, 0.25) is 0 Å². The van der Waals surface area contributed by atoms with Gasteiger partial charge in [0.2, 0.25) is 0 Å². The number of ether oxygens (including phenoxy) is 2. The van der Waals surface area contributed by atoms with E-state index in [1.54, 1.807) is 14.2 Å². The SMILES string of the molecule is COc1ccc(C#Cc2ccccc2-c2cc3c(cc(-c4ccccc4C#Cc4ccc(OC)cc4)n3-c3cc(C(C)(C)C)cc(C(C)(C)C)c3)n2-c2cc(C(C)(C)C)cc(C(C)(C)C)c2)cc1. The van der Waals surface area contributed by atoms with E-state index >= 15 is 0 Å². The molecule has 0 spiro atoms. The van der Waals surface area contributed by atoms with E-state index in [-0.39, 0.29) is 21.7 Å². The minimum absolute atomic E-state index is 0.0977. The van der Waals surface area contributed by atoms with Crippen molar-refractivity contribution in [2.24, 2.45) is 0 Å². The Kier molecular flexibility index (Phi) is 12.6. The lowest BCUT2D eigenvalue weighted by molar-refractivity contribution is 0.414. The highest BCUT2D eigenvalue weighted by Gasteiger charge is 2.28. The fraction of sp³-hybridized carbons (Fsp3) is 0.281. The predicted octanol–water partition coefficient (Wildman–Crippen LogP) is 15.8. The third-order valence-corrected chi connectivity index (χ3v) is 12.9. The normalized spacial score (nSPS) is 12.0. The third kappa shape index (κ3) is 9.93. The fourth-order valence-corrected chi connectivity index (χ4v) is 8.58. The standard InChI is InChI=1S/C64H66N2O2/c1-61(2,3)47-35-48(62(4,5)6)38-51(37-47)65-57(55-21-17-15-19-45(55)29-23-43-25-31-53(67-13)32-26-43)41-60-59(65)42-58(66(60)52-39-49(63(7,8)9)36-50(40-52)64(10,11)12)56-22-18-16-20-46(56)30-24-44-27-33-54(68-14)34-28-44/h15-22,25-28,31-42H,1-14H3. The van der Waals surface area contributed by atoms with Crippen LogP contribution in [0.4, 0.5) is 0 Å². The first-order valence-electron chi connectivity index (χ1n) is 23.7. The summed E-state index contributed by atoms with van der Waals surface area (Å²) >= 11 is 0. The van der Waals surface area contributed by atoms with Gasteiger partial charge in [0.15, 0.2) is 0 Å². The molecule has 0 bridgehead atoms. The molecule has 0 aliphatic heterocycles. The molecular formula is C64H66N2O2. The molecule has 0 N–H and O–H groups in total. The zero-order valence-corrected chi connectivity index (χ0v) is 42.6. The topological polar surface area (TPSA) is 28.3 Å². The summed E-state index contributed by atoms with van der Waals surface area (Å²) in [5, 5.41) is 0. The van der Waals surface area contributed by atoms with Gasteiger partial charge in [0.05, 0.1) is 36.6 Å². The Hall–Kier alpha value is -7.14. The highest BCUT2D eigenvalue weighted by molar-refractivity contribution is 5.95. The Morgan fingerprint density at radius 2 is 0.662 bits per heavy atom. The fourth-order valence-electron chi connectivity index (χ4n) is 8.58. The maximum atomic E-state index is 5.45. The van der Waals surface area contributed by atoms with Gasteiger partial charge in [-0.25, -0.2) is 0 Å². The third-order valence-electron chi connectivity index (χ3n) is 12.9. The van der Waals surface area contributed by atoms with E-state index < -0.39 is 0 Å². The van der Waals surface area contributed by atoms with Gasteiger partial charge in [-0.2, -0.15) is 0 Å². The Bertz CT molecular complexity index is 2980.